The third kappa shape index (κ3) is 3.26. The number of carbonyl (C=O) groups is 1. The van der Waals surface area contributed by atoms with Gasteiger partial charge >= 0.3 is 5.97 Å². The molecule has 0 spiro atoms. The second kappa shape index (κ2) is 5.75. The Hall–Kier alpha value is -1.02. The van der Waals surface area contributed by atoms with E-state index in [9.17, 15) is 4.79 Å². The van der Waals surface area contributed by atoms with Gasteiger partial charge in [-0.15, -0.1) is 0 Å². The highest BCUT2D eigenvalue weighted by Crippen LogP contribution is 2.30. The van der Waals surface area contributed by atoms with E-state index in [0.717, 1.165) is 37.2 Å². The van der Waals surface area contributed by atoms with Crippen molar-refractivity contribution in [3.63, 3.8) is 0 Å². The summed E-state index contributed by atoms with van der Waals surface area (Å²) in [5.41, 5.74) is 0.903. The normalized spacial score (nSPS) is 23.7. The summed E-state index contributed by atoms with van der Waals surface area (Å²) in [6.45, 7) is 4.14. The Kier molecular flexibility index (Phi) is 4.28. The second-order valence-electron chi connectivity index (χ2n) is 5.29. The summed E-state index contributed by atoms with van der Waals surface area (Å²) in [6, 6.07) is 5.33. The lowest BCUT2D eigenvalue weighted by molar-refractivity contribution is -0.140. The Morgan fingerprint density at radius 1 is 1.28 bits per heavy atom. The van der Waals surface area contributed by atoms with E-state index in [1.54, 1.807) is 12.1 Å². The van der Waals surface area contributed by atoms with E-state index < -0.39 is 0 Å². The van der Waals surface area contributed by atoms with Gasteiger partial charge in [0.1, 0.15) is 5.75 Å². The summed E-state index contributed by atoms with van der Waals surface area (Å²) >= 11 is 5.88. The molecule has 1 aromatic carbocycles. The largest absolute Gasteiger partial charge is 0.426 e. The van der Waals surface area contributed by atoms with Crippen LogP contribution in [0.3, 0.4) is 0 Å². The summed E-state index contributed by atoms with van der Waals surface area (Å²) in [5, 5.41) is 0.666. The van der Waals surface area contributed by atoms with Crippen LogP contribution in [-0.2, 0) is 4.79 Å². The topological polar surface area (TPSA) is 26.3 Å². The number of carbonyl (C=O) groups excluding carboxylic acids is 1. The SMILES string of the molecule is Cc1cc(Cl)ccc1OC(=O)C1CCC(C)CC1. The molecule has 0 N–H and O–H groups in total. The van der Waals surface area contributed by atoms with Crippen molar-refractivity contribution in [2.75, 3.05) is 0 Å². The lowest BCUT2D eigenvalue weighted by Crippen LogP contribution is -2.25. The summed E-state index contributed by atoms with van der Waals surface area (Å²) in [4.78, 5) is 12.1. The van der Waals surface area contributed by atoms with Crippen LogP contribution in [0.2, 0.25) is 5.02 Å². The Labute approximate surface area is 113 Å². The van der Waals surface area contributed by atoms with Crippen molar-refractivity contribution < 1.29 is 9.53 Å². The molecule has 1 aliphatic rings. The van der Waals surface area contributed by atoms with Crippen LogP contribution in [0, 0.1) is 18.8 Å². The first-order chi connectivity index (χ1) is 8.56. The van der Waals surface area contributed by atoms with Gasteiger partial charge in [-0.1, -0.05) is 18.5 Å². The fourth-order valence-corrected chi connectivity index (χ4v) is 2.64. The first kappa shape index (κ1) is 13.4. The Morgan fingerprint density at radius 2 is 1.94 bits per heavy atom. The maximum absolute atomic E-state index is 12.1. The monoisotopic (exact) mass is 266 g/mol. The van der Waals surface area contributed by atoms with Crippen LogP contribution in [0.15, 0.2) is 18.2 Å². The third-order valence-corrected chi connectivity index (χ3v) is 3.93. The molecule has 0 aromatic heterocycles. The lowest BCUT2D eigenvalue weighted by atomic mass is 9.83. The molecule has 0 radical (unpaired) electrons. The van der Waals surface area contributed by atoms with Gasteiger partial charge in [-0.25, -0.2) is 0 Å². The number of benzene rings is 1. The maximum atomic E-state index is 12.1. The van der Waals surface area contributed by atoms with E-state index in [1.807, 2.05) is 13.0 Å². The van der Waals surface area contributed by atoms with Crippen LogP contribution >= 0.6 is 11.6 Å². The number of halogens is 1. The van der Waals surface area contributed by atoms with E-state index in [0.29, 0.717) is 10.8 Å². The van der Waals surface area contributed by atoms with E-state index in [-0.39, 0.29) is 11.9 Å². The Balaban J connectivity index is 1.98. The van der Waals surface area contributed by atoms with E-state index in [1.165, 1.54) is 0 Å². The number of rotatable bonds is 2. The molecule has 2 rings (SSSR count). The quantitative estimate of drug-likeness (QED) is 0.587. The molecular formula is C15H19ClO2. The fraction of sp³-hybridized carbons (Fsp3) is 0.533. The zero-order valence-electron chi connectivity index (χ0n) is 10.9. The molecule has 0 saturated heterocycles. The molecule has 1 saturated carbocycles. The van der Waals surface area contributed by atoms with Gasteiger partial charge in [0, 0.05) is 5.02 Å². The number of hydrogen-bond acceptors (Lipinski definition) is 2. The van der Waals surface area contributed by atoms with Crippen molar-refractivity contribution in [3.8, 4) is 5.75 Å². The second-order valence-corrected chi connectivity index (χ2v) is 5.72. The maximum Gasteiger partial charge on any atom is 0.314 e. The first-order valence-corrected chi connectivity index (χ1v) is 6.92. The van der Waals surface area contributed by atoms with Crippen molar-refractivity contribution in [1.82, 2.24) is 0 Å². The van der Waals surface area contributed by atoms with Crippen LogP contribution in [-0.4, -0.2) is 5.97 Å². The van der Waals surface area contributed by atoms with E-state index >= 15 is 0 Å². The number of ether oxygens (including phenoxy) is 1. The summed E-state index contributed by atoms with van der Waals surface area (Å²) in [6.07, 6.45) is 4.15. The molecule has 1 fully saturated rings. The van der Waals surface area contributed by atoms with Crippen molar-refractivity contribution in [3.05, 3.63) is 28.8 Å². The smallest absolute Gasteiger partial charge is 0.314 e. The highest BCUT2D eigenvalue weighted by Gasteiger charge is 2.26. The van der Waals surface area contributed by atoms with Crippen LogP contribution in [0.5, 0.6) is 5.75 Å². The highest BCUT2D eigenvalue weighted by atomic mass is 35.5. The van der Waals surface area contributed by atoms with Crippen LogP contribution in [0.4, 0.5) is 0 Å². The Bertz CT molecular complexity index is 434. The molecule has 1 aromatic rings. The number of esters is 1. The molecule has 98 valence electrons. The molecule has 18 heavy (non-hydrogen) atoms. The molecule has 2 nitrogen and oxygen atoms in total. The van der Waals surface area contributed by atoms with Gasteiger partial charge in [-0.3, -0.25) is 4.79 Å². The first-order valence-electron chi connectivity index (χ1n) is 6.54. The zero-order chi connectivity index (χ0) is 13.1. The minimum absolute atomic E-state index is 0.0660. The molecule has 0 heterocycles. The molecular weight excluding hydrogens is 248 g/mol. The van der Waals surface area contributed by atoms with Crippen molar-refractivity contribution in [1.29, 1.82) is 0 Å². The van der Waals surface area contributed by atoms with Gasteiger partial charge in [0.2, 0.25) is 0 Å². The summed E-state index contributed by atoms with van der Waals surface area (Å²) in [5.74, 6) is 1.35. The third-order valence-electron chi connectivity index (χ3n) is 3.70. The lowest BCUT2D eigenvalue weighted by Gasteiger charge is -2.24. The fourth-order valence-electron chi connectivity index (χ4n) is 2.41. The van der Waals surface area contributed by atoms with Gasteiger partial charge in [0.05, 0.1) is 5.92 Å². The van der Waals surface area contributed by atoms with Gasteiger partial charge < -0.3 is 4.74 Å². The van der Waals surface area contributed by atoms with E-state index in [2.05, 4.69) is 6.92 Å². The molecule has 0 aliphatic heterocycles. The van der Waals surface area contributed by atoms with Gasteiger partial charge in [-0.05, 0) is 62.3 Å². The zero-order valence-corrected chi connectivity index (χ0v) is 11.7. The number of aryl methyl sites for hydroxylation is 1. The highest BCUT2D eigenvalue weighted by molar-refractivity contribution is 6.30. The minimum atomic E-state index is -0.0904. The molecule has 0 amide bonds. The van der Waals surface area contributed by atoms with Gasteiger partial charge in [0.25, 0.3) is 0 Å². The molecule has 1 aliphatic carbocycles. The molecule has 3 heteroatoms. The van der Waals surface area contributed by atoms with Gasteiger partial charge in [0.15, 0.2) is 0 Å². The standard InChI is InChI=1S/C15H19ClO2/c1-10-3-5-12(6-4-10)15(17)18-14-8-7-13(16)9-11(14)2/h7-10,12H,3-6H2,1-2H3. The van der Waals surface area contributed by atoms with Crippen LogP contribution in [0.25, 0.3) is 0 Å². The van der Waals surface area contributed by atoms with Gasteiger partial charge in [-0.2, -0.15) is 0 Å². The summed E-state index contributed by atoms with van der Waals surface area (Å²) < 4.78 is 5.48. The van der Waals surface area contributed by atoms with Crippen LogP contribution in [0.1, 0.15) is 38.2 Å². The Morgan fingerprint density at radius 3 is 2.56 bits per heavy atom. The van der Waals surface area contributed by atoms with Crippen molar-refractivity contribution in [2.24, 2.45) is 11.8 Å². The van der Waals surface area contributed by atoms with E-state index in [4.69, 9.17) is 16.3 Å². The minimum Gasteiger partial charge on any atom is -0.426 e. The molecule has 0 bridgehead atoms. The molecule has 0 unspecified atom stereocenters. The number of hydrogen-bond donors (Lipinski definition) is 0. The average Bonchev–Trinajstić information content (AvgIpc) is 2.33. The molecule has 0 atom stereocenters. The van der Waals surface area contributed by atoms with Crippen LogP contribution < -0.4 is 4.74 Å². The predicted octanol–water partition coefficient (Wildman–Crippen LogP) is 4.38. The average molecular weight is 267 g/mol. The van der Waals surface area contributed by atoms with Crippen molar-refractivity contribution in [2.45, 2.75) is 39.5 Å². The predicted molar refractivity (Wildman–Crippen MR) is 72.9 cm³/mol. The van der Waals surface area contributed by atoms with Crippen molar-refractivity contribution >= 4 is 17.6 Å². The summed E-state index contributed by atoms with van der Waals surface area (Å²) in [7, 11) is 0.